The van der Waals surface area contributed by atoms with Crippen molar-refractivity contribution < 1.29 is 18.0 Å². The highest BCUT2D eigenvalue weighted by Gasteiger charge is 2.44. The first-order valence-electron chi connectivity index (χ1n) is 5.14. The van der Waals surface area contributed by atoms with Crippen LogP contribution in [0.15, 0.2) is 0 Å². The summed E-state index contributed by atoms with van der Waals surface area (Å²) < 4.78 is 36.5. The van der Waals surface area contributed by atoms with Crippen LogP contribution in [0, 0.1) is 10.8 Å². The molecule has 0 aliphatic heterocycles. The van der Waals surface area contributed by atoms with E-state index in [9.17, 15) is 18.0 Å². The summed E-state index contributed by atoms with van der Waals surface area (Å²) in [5.74, 6) is -1.87. The van der Waals surface area contributed by atoms with Crippen molar-refractivity contribution in [1.29, 1.82) is 0 Å². The van der Waals surface area contributed by atoms with Crippen LogP contribution in [0.4, 0.5) is 13.2 Å². The lowest BCUT2D eigenvalue weighted by Crippen LogP contribution is -2.54. The fraction of sp³-hybridized carbons (Fsp3) is 0.909. The molecule has 0 aliphatic carbocycles. The maximum absolute atomic E-state index is 12.2. The second kappa shape index (κ2) is 4.26. The summed E-state index contributed by atoms with van der Waals surface area (Å²) in [6.45, 7) is 10.8. The largest absolute Gasteiger partial charge is 0.471 e. The van der Waals surface area contributed by atoms with E-state index < -0.39 is 29.0 Å². The Morgan fingerprint density at radius 3 is 1.44 bits per heavy atom. The van der Waals surface area contributed by atoms with Crippen molar-refractivity contribution in [3.63, 3.8) is 0 Å². The number of halogens is 3. The molecule has 96 valence electrons. The number of nitrogens with one attached hydrogen (secondary N) is 1. The summed E-state index contributed by atoms with van der Waals surface area (Å²) in [5.41, 5.74) is -0.863. The zero-order chi connectivity index (χ0) is 13.4. The van der Waals surface area contributed by atoms with Crippen molar-refractivity contribution in [3.8, 4) is 0 Å². The minimum atomic E-state index is -4.82. The molecule has 0 aliphatic rings. The Labute approximate surface area is 94.6 Å². The van der Waals surface area contributed by atoms with Crippen molar-refractivity contribution in [1.82, 2.24) is 5.32 Å². The molecule has 0 saturated carbocycles. The number of hydrogen-bond donors (Lipinski definition) is 1. The molecule has 0 aromatic rings. The fourth-order valence-electron chi connectivity index (χ4n) is 1.94. The Morgan fingerprint density at radius 2 is 1.25 bits per heavy atom. The molecule has 0 bridgehead atoms. The minimum Gasteiger partial charge on any atom is -0.344 e. The number of rotatable bonds is 1. The highest BCUT2D eigenvalue weighted by Crippen LogP contribution is 2.34. The van der Waals surface area contributed by atoms with Gasteiger partial charge >= 0.3 is 12.1 Å². The quantitative estimate of drug-likeness (QED) is 0.748. The first-order chi connectivity index (χ1) is 6.76. The molecule has 16 heavy (non-hydrogen) atoms. The van der Waals surface area contributed by atoms with Gasteiger partial charge in [0.2, 0.25) is 0 Å². The first-order valence-corrected chi connectivity index (χ1v) is 5.14. The highest BCUT2D eigenvalue weighted by molar-refractivity contribution is 5.82. The predicted molar refractivity (Wildman–Crippen MR) is 56.9 cm³/mol. The van der Waals surface area contributed by atoms with E-state index in [1.807, 2.05) is 0 Å². The topological polar surface area (TPSA) is 29.1 Å². The number of amides is 1. The average Bonchev–Trinajstić information content (AvgIpc) is 1.92. The zero-order valence-electron chi connectivity index (χ0n) is 10.6. The summed E-state index contributed by atoms with van der Waals surface area (Å²) >= 11 is 0. The van der Waals surface area contributed by atoms with E-state index in [1.54, 1.807) is 41.5 Å². The molecule has 0 saturated heterocycles. The smallest absolute Gasteiger partial charge is 0.344 e. The lowest BCUT2D eigenvalue weighted by Gasteiger charge is -2.41. The van der Waals surface area contributed by atoms with E-state index in [-0.39, 0.29) is 0 Å². The van der Waals surface area contributed by atoms with Gasteiger partial charge in [-0.1, -0.05) is 41.5 Å². The molecule has 0 fully saturated rings. The van der Waals surface area contributed by atoms with E-state index in [4.69, 9.17) is 0 Å². The van der Waals surface area contributed by atoms with Crippen LogP contribution in [-0.4, -0.2) is 18.1 Å². The molecule has 0 radical (unpaired) electrons. The third-order valence-electron chi connectivity index (χ3n) is 2.26. The third-order valence-corrected chi connectivity index (χ3v) is 2.26. The molecule has 0 aromatic heterocycles. The minimum absolute atomic E-state index is 0.431. The Hall–Kier alpha value is -0.740. The van der Waals surface area contributed by atoms with Crippen LogP contribution >= 0.6 is 0 Å². The Balaban J connectivity index is 4.93. The van der Waals surface area contributed by atoms with Crippen molar-refractivity contribution in [2.75, 3.05) is 0 Å². The van der Waals surface area contributed by atoms with E-state index in [2.05, 4.69) is 5.32 Å². The summed E-state index contributed by atoms with van der Waals surface area (Å²) in [5, 5.41) is 2.07. The number of carbonyl (C=O) groups excluding carboxylic acids is 1. The van der Waals surface area contributed by atoms with Crippen molar-refractivity contribution in [3.05, 3.63) is 0 Å². The van der Waals surface area contributed by atoms with Crippen LogP contribution in [0.5, 0.6) is 0 Å². The molecule has 5 heteroatoms. The molecular weight excluding hydrogens is 219 g/mol. The summed E-state index contributed by atoms with van der Waals surface area (Å²) in [6.07, 6.45) is -4.82. The van der Waals surface area contributed by atoms with Gasteiger partial charge in [0.15, 0.2) is 0 Å². The predicted octanol–water partition coefficient (Wildman–Crippen LogP) is 3.13. The van der Waals surface area contributed by atoms with Gasteiger partial charge in [-0.3, -0.25) is 4.79 Å². The van der Waals surface area contributed by atoms with Gasteiger partial charge in [0.1, 0.15) is 0 Å². The van der Waals surface area contributed by atoms with Gasteiger partial charge in [-0.25, -0.2) is 0 Å². The van der Waals surface area contributed by atoms with Crippen LogP contribution < -0.4 is 5.32 Å². The lowest BCUT2D eigenvalue weighted by molar-refractivity contribution is -0.176. The Bertz CT molecular complexity index is 244. The molecule has 0 unspecified atom stereocenters. The number of carbonyl (C=O) groups is 1. The van der Waals surface area contributed by atoms with Crippen molar-refractivity contribution in [2.45, 2.75) is 53.8 Å². The van der Waals surface area contributed by atoms with Gasteiger partial charge in [-0.2, -0.15) is 13.2 Å². The van der Waals surface area contributed by atoms with Crippen LogP contribution in [0.1, 0.15) is 41.5 Å². The average molecular weight is 239 g/mol. The maximum atomic E-state index is 12.2. The molecule has 0 heterocycles. The van der Waals surface area contributed by atoms with Gasteiger partial charge in [0.05, 0.1) is 0 Å². The molecule has 0 rings (SSSR count). The van der Waals surface area contributed by atoms with E-state index in [1.165, 1.54) is 0 Å². The van der Waals surface area contributed by atoms with Gasteiger partial charge in [-0.05, 0) is 10.8 Å². The summed E-state index contributed by atoms with van der Waals surface area (Å²) in [7, 11) is 0. The molecule has 0 aromatic carbocycles. The van der Waals surface area contributed by atoms with Crippen LogP contribution in [-0.2, 0) is 4.79 Å². The lowest BCUT2D eigenvalue weighted by atomic mass is 9.72. The van der Waals surface area contributed by atoms with Crippen molar-refractivity contribution >= 4 is 5.91 Å². The molecular formula is C11H20F3NO. The van der Waals surface area contributed by atoms with Crippen LogP contribution in [0.2, 0.25) is 0 Å². The number of hydrogen-bond acceptors (Lipinski definition) is 1. The van der Waals surface area contributed by atoms with Gasteiger partial charge < -0.3 is 5.32 Å². The molecule has 0 atom stereocenters. The van der Waals surface area contributed by atoms with Crippen LogP contribution in [0.3, 0.4) is 0 Å². The number of alkyl halides is 3. The first kappa shape index (κ1) is 15.3. The van der Waals surface area contributed by atoms with Gasteiger partial charge in [-0.15, -0.1) is 0 Å². The monoisotopic (exact) mass is 239 g/mol. The SMILES string of the molecule is CC(C)(C)C(NC(=O)C(F)(F)F)C(C)(C)C. The molecule has 2 nitrogen and oxygen atoms in total. The Kier molecular flexibility index (Phi) is 4.06. The standard InChI is InChI=1S/C11H20F3NO/c1-9(2,3)7(10(4,5)6)15-8(16)11(12,13)14/h7H,1-6H3,(H,15,16). The molecule has 1 amide bonds. The normalized spacial score (nSPS) is 14.1. The second-order valence-corrected chi connectivity index (χ2v) is 6.14. The van der Waals surface area contributed by atoms with Gasteiger partial charge in [0, 0.05) is 6.04 Å². The van der Waals surface area contributed by atoms with E-state index in [0.717, 1.165) is 0 Å². The second-order valence-electron chi connectivity index (χ2n) is 6.14. The Morgan fingerprint density at radius 1 is 0.938 bits per heavy atom. The van der Waals surface area contributed by atoms with Crippen molar-refractivity contribution in [2.24, 2.45) is 10.8 Å². The summed E-state index contributed by atoms with van der Waals surface area (Å²) in [6, 6.07) is -0.547. The maximum Gasteiger partial charge on any atom is 0.471 e. The third kappa shape index (κ3) is 4.41. The van der Waals surface area contributed by atoms with Crippen LogP contribution in [0.25, 0.3) is 0 Å². The van der Waals surface area contributed by atoms with E-state index >= 15 is 0 Å². The fourth-order valence-corrected chi connectivity index (χ4v) is 1.94. The summed E-state index contributed by atoms with van der Waals surface area (Å²) in [4.78, 5) is 10.9. The molecule has 1 N–H and O–H groups in total. The highest BCUT2D eigenvalue weighted by atomic mass is 19.4. The zero-order valence-corrected chi connectivity index (χ0v) is 10.6. The van der Waals surface area contributed by atoms with Gasteiger partial charge in [0.25, 0.3) is 0 Å². The molecule has 0 spiro atoms. The van der Waals surface area contributed by atoms with E-state index in [0.29, 0.717) is 0 Å².